The molecule has 0 spiro atoms. The molecule has 1 aromatic rings. The Balaban J connectivity index is 0.00000200. The van der Waals surface area contributed by atoms with Crippen molar-refractivity contribution in [1.29, 1.82) is 0 Å². The largest absolute Gasteiger partial charge is 0.328 e. The minimum absolute atomic E-state index is 0. The maximum atomic E-state index is 11.9. The molecule has 112 valence electrons. The van der Waals surface area contributed by atoms with Crippen LogP contribution in [0, 0.1) is 5.92 Å². The number of nitrogens with two attached hydrogens (primary N) is 1. The molecule has 1 saturated heterocycles. The van der Waals surface area contributed by atoms with Gasteiger partial charge in [0.1, 0.15) is 0 Å². The van der Waals surface area contributed by atoms with Crippen molar-refractivity contribution >= 4 is 24.0 Å². The van der Waals surface area contributed by atoms with Gasteiger partial charge in [-0.1, -0.05) is 18.2 Å². The maximum Gasteiger partial charge on any atom is 0.238 e. The molecule has 0 radical (unpaired) electrons. The molecule has 20 heavy (non-hydrogen) atoms. The van der Waals surface area contributed by atoms with Crippen molar-refractivity contribution in [3.05, 3.63) is 30.3 Å². The van der Waals surface area contributed by atoms with Crippen LogP contribution < -0.4 is 11.1 Å². The average molecular weight is 298 g/mol. The van der Waals surface area contributed by atoms with Crippen molar-refractivity contribution in [2.24, 2.45) is 11.7 Å². The second-order valence-corrected chi connectivity index (χ2v) is 5.39. The normalized spacial score (nSPS) is 18.1. The van der Waals surface area contributed by atoms with E-state index in [1.54, 1.807) is 0 Å². The number of para-hydroxylation sites is 1. The highest BCUT2D eigenvalue weighted by Crippen LogP contribution is 2.19. The Morgan fingerprint density at radius 2 is 1.95 bits per heavy atom. The van der Waals surface area contributed by atoms with Crippen LogP contribution in [0.2, 0.25) is 0 Å². The zero-order valence-electron chi connectivity index (χ0n) is 11.9. The van der Waals surface area contributed by atoms with Gasteiger partial charge >= 0.3 is 0 Å². The molecule has 1 heterocycles. The summed E-state index contributed by atoms with van der Waals surface area (Å²) in [4.78, 5) is 14.1. The predicted molar refractivity (Wildman–Crippen MR) is 85.1 cm³/mol. The number of halogens is 1. The number of likely N-dealkylation sites (tertiary alicyclic amines) is 1. The molecule has 4 nitrogen and oxygen atoms in total. The van der Waals surface area contributed by atoms with Crippen LogP contribution in [0.5, 0.6) is 0 Å². The van der Waals surface area contributed by atoms with Gasteiger partial charge in [-0.05, 0) is 50.9 Å². The SMILES string of the molecule is CC(N)C1CCN(CC(=O)Nc2ccccc2)CC1.Cl. The molecule has 1 fully saturated rings. The van der Waals surface area contributed by atoms with Gasteiger partial charge < -0.3 is 11.1 Å². The van der Waals surface area contributed by atoms with Crippen LogP contribution in [0.1, 0.15) is 19.8 Å². The highest BCUT2D eigenvalue weighted by Gasteiger charge is 2.22. The van der Waals surface area contributed by atoms with E-state index in [-0.39, 0.29) is 24.4 Å². The molecule has 1 aromatic carbocycles. The number of anilines is 1. The van der Waals surface area contributed by atoms with Gasteiger partial charge in [-0.15, -0.1) is 12.4 Å². The Morgan fingerprint density at radius 3 is 2.50 bits per heavy atom. The number of hydrogen-bond donors (Lipinski definition) is 2. The first-order valence-electron chi connectivity index (χ1n) is 6.98. The molecule has 1 unspecified atom stereocenters. The number of rotatable bonds is 4. The van der Waals surface area contributed by atoms with E-state index >= 15 is 0 Å². The van der Waals surface area contributed by atoms with E-state index in [0.717, 1.165) is 31.6 Å². The first-order chi connectivity index (χ1) is 9.15. The molecule has 1 atom stereocenters. The van der Waals surface area contributed by atoms with E-state index in [1.807, 2.05) is 30.3 Å². The number of carbonyl (C=O) groups excluding carboxylic acids is 1. The number of benzene rings is 1. The number of nitrogens with zero attached hydrogens (tertiary/aromatic N) is 1. The molecular weight excluding hydrogens is 274 g/mol. The molecule has 1 amide bonds. The van der Waals surface area contributed by atoms with Crippen molar-refractivity contribution in [1.82, 2.24) is 4.90 Å². The minimum Gasteiger partial charge on any atom is -0.328 e. The fourth-order valence-electron chi connectivity index (χ4n) is 2.56. The topological polar surface area (TPSA) is 58.4 Å². The molecule has 2 rings (SSSR count). The summed E-state index contributed by atoms with van der Waals surface area (Å²) in [6.07, 6.45) is 2.19. The quantitative estimate of drug-likeness (QED) is 0.895. The van der Waals surface area contributed by atoms with Crippen LogP contribution in [-0.4, -0.2) is 36.5 Å². The van der Waals surface area contributed by atoms with Gasteiger partial charge in [0.2, 0.25) is 5.91 Å². The van der Waals surface area contributed by atoms with Crippen LogP contribution in [0.3, 0.4) is 0 Å². The van der Waals surface area contributed by atoms with Crippen molar-refractivity contribution in [2.45, 2.75) is 25.8 Å². The fraction of sp³-hybridized carbons (Fsp3) is 0.533. The van der Waals surface area contributed by atoms with E-state index in [1.165, 1.54) is 0 Å². The number of hydrogen-bond acceptors (Lipinski definition) is 3. The fourth-order valence-corrected chi connectivity index (χ4v) is 2.56. The molecule has 0 saturated carbocycles. The van der Waals surface area contributed by atoms with Gasteiger partial charge in [-0.2, -0.15) is 0 Å². The first-order valence-corrected chi connectivity index (χ1v) is 6.98. The summed E-state index contributed by atoms with van der Waals surface area (Å²) in [5.74, 6) is 0.666. The van der Waals surface area contributed by atoms with E-state index in [2.05, 4.69) is 17.1 Å². The van der Waals surface area contributed by atoms with Gasteiger partial charge in [0, 0.05) is 11.7 Å². The minimum atomic E-state index is 0. The first kappa shape index (κ1) is 17.0. The van der Waals surface area contributed by atoms with E-state index < -0.39 is 0 Å². The molecule has 1 aliphatic rings. The zero-order chi connectivity index (χ0) is 13.7. The van der Waals surface area contributed by atoms with Crippen LogP contribution in [0.25, 0.3) is 0 Å². The number of carbonyl (C=O) groups is 1. The lowest BCUT2D eigenvalue weighted by Crippen LogP contribution is -2.42. The number of nitrogens with one attached hydrogen (secondary N) is 1. The van der Waals surface area contributed by atoms with Gasteiger partial charge in [0.15, 0.2) is 0 Å². The summed E-state index contributed by atoms with van der Waals surface area (Å²) < 4.78 is 0. The molecule has 5 heteroatoms. The second kappa shape index (κ2) is 8.25. The third kappa shape index (κ3) is 5.12. The van der Waals surface area contributed by atoms with Crippen molar-refractivity contribution in [2.75, 3.05) is 25.0 Å². The summed E-state index contributed by atoms with van der Waals surface area (Å²) in [6.45, 7) is 4.48. The maximum absolute atomic E-state index is 11.9. The van der Waals surface area contributed by atoms with Crippen LogP contribution in [0.15, 0.2) is 30.3 Å². The molecule has 1 aliphatic heterocycles. The van der Waals surface area contributed by atoms with Gasteiger partial charge in [0.25, 0.3) is 0 Å². The highest BCUT2D eigenvalue weighted by atomic mass is 35.5. The van der Waals surface area contributed by atoms with Crippen molar-refractivity contribution in [3.63, 3.8) is 0 Å². The zero-order valence-corrected chi connectivity index (χ0v) is 12.7. The molecular formula is C15H24ClN3O. The lowest BCUT2D eigenvalue weighted by molar-refractivity contribution is -0.117. The van der Waals surface area contributed by atoms with Crippen molar-refractivity contribution in [3.8, 4) is 0 Å². The lowest BCUT2D eigenvalue weighted by atomic mass is 9.91. The third-order valence-electron chi connectivity index (χ3n) is 3.80. The Kier molecular flexibility index (Phi) is 6.99. The second-order valence-electron chi connectivity index (χ2n) is 5.39. The molecule has 0 aromatic heterocycles. The Hall–Kier alpha value is -1.10. The monoisotopic (exact) mass is 297 g/mol. The van der Waals surface area contributed by atoms with Gasteiger partial charge in [-0.25, -0.2) is 0 Å². The molecule has 3 N–H and O–H groups in total. The highest BCUT2D eigenvalue weighted by molar-refractivity contribution is 5.92. The summed E-state index contributed by atoms with van der Waals surface area (Å²) in [7, 11) is 0. The molecule has 0 bridgehead atoms. The number of amides is 1. The number of piperidine rings is 1. The summed E-state index contributed by atoms with van der Waals surface area (Å²) in [5, 5.41) is 2.92. The standard InChI is InChI=1S/C15H23N3O.ClH/c1-12(16)13-7-9-18(10-8-13)11-15(19)17-14-5-3-2-4-6-14;/h2-6,12-13H,7-11,16H2,1H3,(H,17,19);1H. The van der Waals surface area contributed by atoms with Crippen molar-refractivity contribution < 1.29 is 4.79 Å². The Labute approximate surface area is 127 Å². The van der Waals surface area contributed by atoms with E-state index in [0.29, 0.717) is 12.5 Å². The summed E-state index contributed by atoms with van der Waals surface area (Å²) in [5.41, 5.74) is 6.78. The Bertz CT molecular complexity index is 403. The summed E-state index contributed by atoms with van der Waals surface area (Å²) in [6, 6.07) is 9.85. The van der Waals surface area contributed by atoms with Gasteiger partial charge in [-0.3, -0.25) is 9.69 Å². The Morgan fingerprint density at radius 1 is 1.35 bits per heavy atom. The molecule has 0 aliphatic carbocycles. The smallest absolute Gasteiger partial charge is 0.238 e. The third-order valence-corrected chi connectivity index (χ3v) is 3.80. The predicted octanol–water partition coefficient (Wildman–Crippen LogP) is 2.11. The van der Waals surface area contributed by atoms with Crippen LogP contribution in [0.4, 0.5) is 5.69 Å². The van der Waals surface area contributed by atoms with Crippen LogP contribution >= 0.6 is 12.4 Å². The van der Waals surface area contributed by atoms with E-state index in [9.17, 15) is 4.79 Å². The average Bonchev–Trinajstić information content (AvgIpc) is 2.40. The summed E-state index contributed by atoms with van der Waals surface area (Å²) >= 11 is 0. The lowest BCUT2D eigenvalue weighted by Gasteiger charge is -2.33. The van der Waals surface area contributed by atoms with Gasteiger partial charge in [0.05, 0.1) is 6.54 Å². The van der Waals surface area contributed by atoms with E-state index in [4.69, 9.17) is 5.73 Å². The van der Waals surface area contributed by atoms with Crippen LogP contribution in [-0.2, 0) is 4.79 Å².